The topological polar surface area (TPSA) is 83.6 Å². The van der Waals surface area contributed by atoms with Gasteiger partial charge >= 0.3 is 0 Å². The van der Waals surface area contributed by atoms with Crippen molar-refractivity contribution in [2.24, 2.45) is 0 Å². The van der Waals surface area contributed by atoms with Gasteiger partial charge in [0.2, 0.25) is 0 Å². The maximum absolute atomic E-state index is 10.9. The minimum absolute atomic E-state index is 0.0418. The van der Waals surface area contributed by atoms with Crippen LogP contribution >= 0.6 is 11.8 Å². The molecule has 6 heteroatoms. The van der Waals surface area contributed by atoms with E-state index in [1.165, 1.54) is 24.3 Å². The number of nitro benzene ring substituents is 1. The van der Waals surface area contributed by atoms with Gasteiger partial charge in [-0.2, -0.15) is 0 Å². The number of para-hydroxylation sites is 1. The monoisotopic (exact) mass is 263 g/mol. The molecule has 0 aliphatic carbocycles. The maximum Gasteiger partial charge on any atom is 0.283 e. The summed E-state index contributed by atoms with van der Waals surface area (Å²) in [5.74, 6) is -0.0151. The summed E-state index contributed by atoms with van der Waals surface area (Å²) in [7, 11) is 0. The van der Waals surface area contributed by atoms with Crippen LogP contribution in [0.15, 0.2) is 52.3 Å². The van der Waals surface area contributed by atoms with Crippen molar-refractivity contribution < 1.29 is 15.1 Å². The molecule has 0 aliphatic rings. The van der Waals surface area contributed by atoms with Crippen LogP contribution in [0.1, 0.15) is 0 Å². The SMILES string of the molecule is O=[N+]([O-])c1ccc(O)cc1Sc1ccccc1O. The standard InChI is InChI=1S/C12H9NO4S/c14-8-5-6-9(13(16)17)12(7-8)18-11-4-2-1-3-10(11)15/h1-7,14-15H. The third-order valence-electron chi connectivity index (χ3n) is 2.23. The van der Waals surface area contributed by atoms with Gasteiger partial charge in [0.05, 0.1) is 14.7 Å². The summed E-state index contributed by atoms with van der Waals surface area (Å²) >= 11 is 1.03. The zero-order valence-corrected chi connectivity index (χ0v) is 9.92. The first-order valence-electron chi connectivity index (χ1n) is 5.01. The Kier molecular flexibility index (Phi) is 3.38. The zero-order valence-electron chi connectivity index (χ0n) is 9.11. The number of phenols is 2. The molecule has 5 nitrogen and oxygen atoms in total. The molecule has 2 aromatic rings. The lowest BCUT2D eigenvalue weighted by molar-refractivity contribution is -0.387. The van der Waals surface area contributed by atoms with Crippen LogP contribution in [0.25, 0.3) is 0 Å². The molecule has 92 valence electrons. The highest BCUT2D eigenvalue weighted by Crippen LogP contribution is 2.40. The number of hydrogen-bond acceptors (Lipinski definition) is 5. The first kappa shape index (κ1) is 12.3. The van der Waals surface area contributed by atoms with E-state index in [9.17, 15) is 20.3 Å². The maximum atomic E-state index is 10.9. The molecule has 0 saturated carbocycles. The predicted molar refractivity (Wildman–Crippen MR) is 67.0 cm³/mol. The average Bonchev–Trinajstić information content (AvgIpc) is 2.32. The van der Waals surface area contributed by atoms with Gasteiger partial charge in [-0.25, -0.2) is 0 Å². The van der Waals surface area contributed by atoms with Crippen molar-refractivity contribution in [3.63, 3.8) is 0 Å². The van der Waals surface area contributed by atoms with Gasteiger partial charge in [0.25, 0.3) is 5.69 Å². The molecule has 0 aliphatic heterocycles. The first-order valence-corrected chi connectivity index (χ1v) is 5.83. The third kappa shape index (κ3) is 2.54. The van der Waals surface area contributed by atoms with Crippen LogP contribution in [0.3, 0.4) is 0 Å². The molecule has 0 saturated heterocycles. The smallest absolute Gasteiger partial charge is 0.283 e. The van der Waals surface area contributed by atoms with Gasteiger partial charge < -0.3 is 10.2 Å². The first-order chi connectivity index (χ1) is 8.58. The Morgan fingerprint density at radius 2 is 1.78 bits per heavy atom. The summed E-state index contributed by atoms with van der Waals surface area (Å²) in [6.07, 6.45) is 0. The molecule has 0 radical (unpaired) electrons. The van der Waals surface area contributed by atoms with Crippen molar-refractivity contribution in [2.45, 2.75) is 9.79 Å². The van der Waals surface area contributed by atoms with Crippen molar-refractivity contribution in [1.29, 1.82) is 0 Å². The lowest BCUT2D eigenvalue weighted by Crippen LogP contribution is -1.90. The van der Waals surface area contributed by atoms with Crippen LogP contribution in [0, 0.1) is 10.1 Å². The minimum Gasteiger partial charge on any atom is -0.508 e. The fourth-order valence-corrected chi connectivity index (χ4v) is 2.38. The Labute approximate surface area is 107 Å². The third-order valence-corrected chi connectivity index (χ3v) is 3.34. The second-order valence-corrected chi connectivity index (χ2v) is 4.56. The quantitative estimate of drug-likeness (QED) is 0.656. The molecule has 0 amide bonds. The van der Waals surface area contributed by atoms with E-state index in [-0.39, 0.29) is 22.1 Å². The Morgan fingerprint density at radius 1 is 1.06 bits per heavy atom. The number of hydrogen-bond donors (Lipinski definition) is 2. The molecular weight excluding hydrogens is 254 g/mol. The Bertz CT molecular complexity index is 600. The minimum atomic E-state index is -0.526. The lowest BCUT2D eigenvalue weighted by Gasteiger charge is -2.05. The summed E-state index contributed by atoms with van der Waals surface area (Å²) in [6.45, 7) is 0. The molecule has 0 fully saturated rings. The molecule has 2 aromatic carbocycles. The molecule has 0 bridgehead atoms. The van der Waals surface area contributed by atoms with Crippen LogP contribution in [-0.2, 0) is 0 Å². The van der Waals surface area contributed by atoms with Crippen molar-refractivity contribution in [1.82, 2.24) is 0 Å². The number of nitro groups is 1. The van der Waals surface area contributed by atoms with Crippen LogP contribution in [0.5, 0.6) is 11.5 Å². The van der Waals surface area contributed by atoms with Gasteiger partial charge in [-0.05, 0) is 18.2 Å². The highest BCUT2D eigenvalue weighted by molar-refractivity contribution is 7.99. The lowest BCUT2D eigenvalue weighted by atomic mass is 10.3. The summed E-state index contributed by atoms with van der Waals surface area (Å²) < 4.78 is 0. The van der Waals surface area contributed by atoms with E-state index < -0.39 is 4.92 Å². The van der Waals surface area contributed by atoms with Gasteiger partial charge in [-0.1, -0.05) is 23.9 Å². The van der Waals surface area contributed by atoms with E-state index in [1.807, 2.05) is 0 Å². The van der Waals surface area contributed by atoms with Crippen LogP contribution in [0.4, 0.5) is 5.69 Å². The average molecular weight is 263 g/mol. The number of aromatic hydroxyl groups is 2. The van der Waals surface area contributed by atoms with Gasteiger partial charge in [0.1, 0.15) is 11.5 Å². The predicted octanol–water partition coefficient (Wildman–Crippen LogP) is 3.16. The highest BCUT2D eigenvalue weighted by Gasteiger charge is 2.16. The Morgan fingerprint density at radius 3 is 2.44 bits per heavy atom. The van der Waals surface area contributed by atoms with Crippen molar-refractivity contribution in [3.8, 4) is 11.5 Å². The molecule has 2 N–H and O–H groups in total. The molecule has 0 aromatic heterocycles. The number of benzene rings is 2. The summed E-state index contributed by atoms with van der Waals surface area (Å²) in [5.41, 5.74) is -0.110. The van der Waals surface area contributed by atoms with Crippen LogP contribution in [-0.4, -0.2) is 15.1 Å². The summed E-state index contributed by atoms with van der Waals surface area (Å²) in [6, 6.07) is 10.3. The van der Waals surface area contributed by atoms with Crippen LogP contribution in [0.2, 0.25) is 0 Å². The molecule has 0 spiro atoms. The molecule has 18 heavy (non-hydrogen) atoms. The van der Waals surface area contributed by atoms with Crippen molar-refractivity contribution >= 4 is 17.4 Å². The van der Waals surface area contributed by atoms with E-state index in [4.69, 9.17) is 0 Å². The normalized spacial score (nSPS) is 10.2. The second-order valence-electron chi connectivity index (χ2n) is 3.48. The Hall–Kier alpha value is -2.21. The van der Waals surface area contributed by atoms with E-state index in [0.717, 1.165) is 11.8 Å². The van der Waals surface area contributed by atoms with Crippen molar-refractivity contribution in [2.75, 3.05) is 0 Å². The van der Waals surface area contributed by atoms with Gasteiger partial charge in [0.15, 0.2) is 0 Å². The molecule has 0 unspecified atom stereocenters. The largest absolute Gasteiger partial charge is 0.508 e. The van der Waals surface area contributed by atoms with E-state index in [2.05, 4.69) is 0 Å². The van der Waals surface area contributed by atoms with Gasteiger partial charge in [0, 0.05) is 12.1 Å². The number of rotatable bonds is 3. The van der Waals surface area contributed by atoms with E-state index in [1.54, 1.807) is 18.2 Å². The summed E-state index contributed by atoms with van der Waals surface area (Å²) in [5, 5.41) is 29.8. The fourth-order valence-electron chi connectivity index (χ4n) is 1.40. The fraction of sp³-hybridized carbons (Fsp3) is 0. The van der Waals surface area contributed by atoms with E-state index >= 15 is 0 Å². The second kappa shape index (κ2) is 4.97. The number of phenolic OH excluding ortho intramolecular Hbond substituents is 2. The van der Waals surface area contributed by atoms with Gasteiger partial charge in [-0.15, -0.1) is 0 Å². The molecule has 0 atom stereocenters. The molecule has 0 heterocycles. The zero-order chi connectivity index (χ0) is 13.1. The number of nitrogens with zero attached hydrogens (tertiary/aromatic N) is 1. The van der Waals surface area contributed by atoms with E-state index in [0.29, 0.717) is 4.90 Å². The van der Waals surface area contributed by atoms with Crippen molar-refractivity contribution in [3.05, 3.63) is 52.6 Å². The molecular formula is C12H9NO4S. The highest BCUT2D eigenvalue weighted by atomic mass is 32.2. The van der Waals surface area contributed by atoms with Gasteiger partial charge in [-0.3, -0.25) is 10.1 Å². The summed E-state index contributed by atoms with van der Waals surface area (Å²) in [4.78, 5) is 11.1. The van der Waals surface area contributed by atoms with Crippen LogP contribution < -0.4 is 0 Å². The molecule has 2 rings (SSSR count). The Balaban J connectivity index is 2.42.